The largest absolute Gasteiger partial charge is 0.369 e. The number of imide groups is 1. The molecule has 50 heavy (non-hydrogen) atoms. The fourth-order valence-corrected chi connectivity index (χ4v) is 7.24. The van der Waals surface area contributed by atoms with Gasteiger partial charge in [0.15, 0.2) is 0 Å². The summed E-state index contributed by atoms with van der Waals surface area (Å²) in [4.78, 5) is 36.2. The summed E-state index contributed by atoms with van der Waals surface area (Å²) in [5.74, 6) is -0.292. The monoisotopic (exact) mass is 671 g/mol. The van der Waals surface area contributed by atoms with E-state index in [0.717, 1.165) is 52.1 Å². The average molecular weight is 672 g/mol. The topological polar surface area (TPSA) is 50.3 Å². The third-order valence-corrected chi connectivity index (χ3v) is 10.2. The van der Waals surface area contributed by atoms with Crippen LogP contribution in [0, 0.1) is 0 Å². The Hall–Kier alpha value is -4.30. The van der Waals surface area contributed by atoms with Crippen LogP contribution >= 0.6 is 0 Å². The van der Waals surface area contributed by atoms with Gasteiger partial charge in [-0.05, 0) is 80.6 Å². The van der Waals surface area contributed by atoms with Crippen molar-refractivity contribution in [1.82, 2.24) is 19.6 Å². The third-order valence-electron chi connectivity index (χ3n) is 10.2. The van der Waals surface area contributed by atoms with Crippen molar-refractivity contribution in [2.24, 2.45) is 0 Å². The summed E-state index contributed by atoms with van der Waals surface area (Å²) in [6.45, 7) is 12.9. The lowest BCUT2D eigenvalue weighted by atomic mass is 10.1. The van der Waals surface area contributed by atoms with E-state index in [1.807, 2.05) is 18.2 Å². The molecule has 2 amide bonds. The molecule has 0 atom stereocenters. The Morgan fingerprint density at radius 1 is 0.420 bits per heavy atom. The van der Waals surface area contributed by atoms with E-state index in [1.165, 1.54) is 73.7 Å². The average Bonchev–Trinajstić information content (AvgIpc) is 3.42. The van der Waals surface area contributed by atoms with Gasteiger partial charge >= 0.3 is 0 Å². The van der Waals surface area contributed by atoms with Gasteiger partial charge in [0.25, 0.3) is 11.8 Å². The lowest BCUT2D eigenvalue weighted by Crippen LogP contribution is -2.46. The first-order valence-electron chi connectivity index (χ1n) is 18.6. The minimum Gasteiger partial charge on any atom is -0.369 e. The first kappa shape index (κ1) is 35.5. The number of carbonyl (C=O) groups excluding carboxylic acids is 2. The molecular weight excluding hydrogens is 619 g/mol. The first-order valence-corrected chi connectivity index (χ1v) is 18.6. The van der Waals surface area contributed by atoms with E-state index in [-0.39, 0.29) is 11.8 Å². The SMILES string of the molecule is O=C1c2ccccc2C(=O)N1CCCCN1CCN(c2ccccc2)CC1.c1ccc(CCCCN2CCN(Cc3ccccc3)CC2)cc1. The highest BCUT2D eigenvalue weighted by Gasteiger charge is 2.34. The minimum absolute atomic E-state index is 0.146. The molecule has 0 bridgehead atoms. The van der Waals surface area contributed by atoms with E-state index < -0.39 is 0 Å². The standard InChI is InChI=1S/C22H25N3O2.C21H28N2/c26-21-19-10-4-5-11-20(19)22(27)25(21)13-7-6-12-23-14-16-24(17-15-23)18-8-2-1-3-9-18;1-3-9-20(10-4-1)11-7-8-14-22-15-17-23(18-16-22)19-21-12-5-2-6-13-21/h1-5,8-11H,6-7,12-17H2;1-6,9-10,12-13H,7-8,11,14-19H2. The molecule has 3 heterocycles. The molecule has 4 aromatic rings. The Kier molecular flexibility index (Phi) is 13.2. The molecule has 7 rings (SSSR count). The van der Waals surface area contributed by atoms with Crippen LogP contribution in [0.4, 0.5) is 5.69 Å². The molecule has 0 saturated carbocycles. The molecular formula is C43H53N5O2. The molecule has 7 heteroatoms. The van der Waals surface area contributed by atoms with E-state index in [9.17, 15) is 9.59 Å². The van der Waals surface area contributed by atoms with Crippen molar-refractivity contribution in [3.05, 3.63) is 138 Å². The van der Waals surface area contributed by atoms with Crippen LogP contribution in [0.25, 0.3) is 0 Å². The molecule has 262 valence electrons. The molecule has 3 aliphatic rings. The quantitative estimate of drug-likeness (QED) is 0.116. The zero-order valence-corrected chi connectivity index (χ0v) is 29.5. The number of hydrogen-bond donors (Lipinski definition) is 0. The Bertz CT molecular complexity index is 1560. The van der Waals surface area contributed by atoms with E-state index in [4.69, 9.17) is 0 Å². The molecule has 0 N–H and O–H groups in total. The number of fused-ring (bicyclic) bond motifs is 1. The van der Waals surface area contributed by atoms with Crippen molar-refractivity contribution in [2.75, 3.05) is 76.9 Å². The van der Waals surface area contributed by atoms with Crippen molar-refractivity contribution in [3.8, 4) is 0 Å². The predicted molar refractivity (Wildman–Crippen MR) is 204 cm³/mol. The predicted octanol–water partition coefficient (Wildman–Crippen LogP) is 6.71. The number of carbonyl (C=O) groups is 2. The molecule has 3 aliphatic heterocycles. The number of amides is 2. The number of piperazine rings is 2. The van der Waals surface area contributed by atoms with Gasteiger partial charge in [-0.1, -0.05) is 91.0 Å². The van der Waals surface area contributed by atoms with Crippen LogP contribution in [0.15, 0.2) is 115 Å². The Balaban J connectivity index is 0.000000175. The molecule has 0 radical (unpaired) electrons. The lowest BCUT2D eigenvalue weighted by molar-refractivity contribution is 0.0650. The fraction of sp³-hybridized carbons (Fsp3) is 0.395. The Morgan fingerprint density at radius 2 is 0.860 bits per heavy atom. The van der Waals surface area contributed by atoms with Crippen LogP contribution in [0.2, 0.25) is 0 Å². The molecule has 0 aromatic heterocycles. The molecule has 7 nitrogen and oxygen atoms in total. The minimum atomic E-state index is -0.146. The second kappa shape index (κ2) is 18.6. The summed E-state index contributed by atoms with van der Waals surface area (Å²) in [6.07, 6.45) is 5.68. The van der Waals surface area contributed by atoms with Gasteiger partial charge in [-0.2, -0.15) is 0 Å². The maximum atomic E-state index is 12.4. The molecule has 4 aromatic carbocycles. The number of rotatable bonds is 13. The summed E-state index contributed by atoms with van der Waals surface area (Å²) in [7, 11) is 0. The van der Waals surface area contributed by atoms with Crippen LogP contribution < -0.4 is 4.90 Å². The number of para-hydroxylation sites is 1. The van der Waals surface area contributed by atoms with E-state index in [0.29, 0.717) is 17.7 Å². The van der Waals surface area contributed by atoms with Gasteiger partial charge in [0, 0.05) is 71.1 Å². The summed E-state index contributed by atoms with van der Waals surface area (Å²) in [6, 6.07) is 39.3. The van der Waals surface area contributed by atoms with Gasteiger partial charge in [-0.3, -0.25) is 24.3 Å². The van der Waals surface area contributed by atoms with Crippen LogP contribution in [0.1, 0.15) is 57.5 Å². The number of anilines is 1. The number of hydrogen-bond acceptors (Lipinski definition) is 6. The van der Waals surface area contributed by atoms with Gasteiger partial charge < -0.3 is 9.80 Å². The highest BCUT2D eigenvalue weighted by Crippen LogP contribution is 2.23. The number of aryl methyl sites for hydroxylation is 1. The van der Waals surface area contributed by atoms with Crippen molar-refractivity contribution in [1.29, 1.82) is 0 Å². The van der Waals surface area contributed by atoms with Gasteiger partial charge in [-0.25, -0.2) is 0 Å². The van der Waals surface area contributed by atoms with Gasteiger partial charge in [0.2, 0.25) is 0 Å². The third kappa shape index (κ3) is 10.1. The number of nitrogens with zero attached hydrogens (tertiary/aromatic N) is 5. The van der Waals surface area contributed by atoms with Crippen molar-refractivity contribution in [2.45, 2.75) is 38.6 Å². The van der Waals surface area contributed by atoms with E-state index in [2.05, 4.69) is 105 Å². The normalized spacial score (nSPS) is 17.0. The summed E-state index contributed by atoms with van der Waals surface area (Å²) in [5.41, 5.74) is 5.28. The van der Waals surface area contributed by atoms with Crippen molar-refractivity contribution >= 4 is 17.5 Å². The molecule has 0 aliphatic carbocycles. The molecule has 2 saturated heterocycles. The van der Waals surface area contributed by atoms with Crippen LogP contribution in [0.3, 0.4) is 0 Å². The molecule has 2 fully saturated rings. The Labute approximate surface area is 299 Å². The second-order valence-electron chi connectivity index (χ2n) is 13.7. The Morgan fingerprint density at radius 3 is 1.44 bits per heavy atom. The molecule has 0 spiro atoms. The van der Waals surface area contributed by atoms with E-state index in [1.54, 1.807) is 12.1 Å². The van der Waals surface area contributed by atoms with Gasteiger partial charge in [0.1, 0.15) is 0 Å². The van der Waals surface area contributed by atoms with Crippen LogP contribution in [-0.2, 0) is 13.0 Å². The number of benzene rings is 4. The summed E-state index contributed by atoms with van der Waals surface area (Å²) < 4.78 is 0. The molecule has 0 unspecified atom stereocenters. The zero-order chi connectivity index (χ0) is 34.4. The van der Waals surface area contributed by atoms with Crippen molar-refractivity contribution in [3.63, 3.8) is 0 Å². The van der Waals surface area contributed by atoms with E-state index >= 15 is 0 Å². The first-order chi connectivity index (χ1) is 24.6. The van der Waals surface area contributed by atoms with Gasteiger partial charge in [0.05, 0.1) is 11.1 Å². The maximum absolute atomic E-state index is 12.4. The van der Waals surface area contributed by atoms with Crippen LogP contribution in [-0.4, -0.2) is 103 Å². The second-order valence-corrected chi connectivity index (χ2v) is 13.7. The maximum Gasteiger partial charge on any atom is 0.261 e. The van der Waals surface area contributed by atoms with Gasteiger partial charge in [-0.15, -0.1) is 0 Å². The summed E-state index contributed by atoms with van der Waals surface area (Å²) in [5, 5.41) is 0. The zero-order valence-electron chi connectivity index (χ0n) is 29.5. The highest BCUT2D eigenvalue weighted by atomic mass is 16.2. The van der Waals surface area contributed by atoms with Crippen molar-refractivity contribution < 1.29 is 9.59 Å². The van der Waals surface area contributed by atoms with Crippen LogP contribution in [0.5, 0.6) is 0 Å². The number of unbranched alkanes of at least 4 members (excludes halogenated alkanes) is 2. The lowest BCUT2D eigenvalue weighted by Gasteiger charge is -2.36. The smallest absolute Gasteiger partial charge is 0.261 e. The highest BCUT2D eigenvalue weighted by molar-refractivity contribution is 6.21. The summed E-state index contributed by atoms with van der Waals surface area (Å²) >= 11 is 0. The fourth-order valence-electron chi connectivity index (χ4n) is 7.24.